The van der Waals surface area contributed by atoms with Gasteiger partial charge in [-0.1, -0.05) is 12.2 Å². The topological polar surface area (TPSA) is 49.8 Å². The van der Waals surface area contributed by atoms with Crippen molar-refractivity contribution in [1.29, 1.82) is 0 Å². The van der Waals surface area contributed by atoms with E-state index in [0.29, 0.717) is 6.54 Å². The number of carbonyl (C=O) groups excluding carboxylic acids is 1. The Morgan fingerprint density at radius 3 is 2.74 bits per heavy atom. The van der Waals surface area contributed by atoms with E-state index < -0.39 is 5.60 Å². The SMILES string of the molecule is CC(C)(C)OC(=O)N1CC(C2=CCCC2)=CC1CO. The molecule has 0 aromatic rings. The van der Waals surface area contributed by atoms with Crippen LogP contribution in [0.5, 0.6) is 0 Å². The molecule has 106 valence electrons. The molecule has 0 aromatic carbocycles. The molecule has 1 atom stereocenters. The maximum atomic E-state index is 12.1. The third kappa shape index (κ3) is 3.38. The lowest BCUT2D eigenvalue weighted by molar-refractivity contribution is 0.0196. The van der Waals surface area contributed by atoms with Crippen molar-refractivity contribution in [3.05, 3.63) is 23.3 Å². The van der Waals surface area contributed by atoms with E-state index in [2.05, 4.69) is 6.08 Å². The number of aliphatic hydroxyl groups is 1. The summed E-state index contributed by atoms with van der Waals surface area (Å²) in [5.41, 5.74) is 1.99. The lowest BCUT2D eigenvalue weighted by atomic mass is 10.1. The number of hydrogen-bond acceptors (Lipinski definition) is 3. The highest BCUT2D eigenvalue weighted by atomic mass is 16.6. The van der Waals surface area contributed by atoms with Gasteiger partial charge in [0.2, 0.25) is 0 Å². The molecule has 1 N–H and O–H groups in total. The van der Waals surface area contributed by atoms with E-state index in [1.165, 1.54) is 17.6 Å². The largest absolute Gasteiger partial charge is 0.444 e. The highest BCUT2D eigenvalue weighted by molar-refractivity contribution is 5.71. The summed E-state index contributed by atoms with van der Waals surface area (Å²) in [4.78, 5) is 13.7. The zero-order chi connectivity index (χ0) is 14.0. The van der Waals surface area contributed by atoms with E-state index >= 15 is 0 Å². The lowest BCUT2D eigenvalue weighted by Gasteiger charge is -2.27. The first-order valence-corrected chi connectivity index (χ1v) is 6.91. The number of aliphatic hydroxyl groups excluding tert-OH is 1. The Labute approximate surface area is 114 Å². The minimum absolute atomic E-state index is 0.0595. The predicted octanol–water partition coefficient (Wildman–Crippen LogP) is 2.63. The highest BCUT2D eigenvalue weighted by Gasteiger charge is 2.33. The molecule has 0 aromatic heterocycles. The minimum Gasteiger partial charge on any atom is -0.444 e. The minimum atomic E-state index is -0.507. The first-order valence-electron chi connectivity index (χ1n) is 6.91. The van der Waals surface area contributed by atoms with Gasteiger partial charge >= 0.3 is 6.09 Å². The van der Waals surface area contributed by atoms with Crippen molar-refractivity contribution in [2.24, 2.45) is 0 Å². The summed E-state index contributed by atoms with van der Waals surface area (Å²) in [6, 6.07) is -0.258. The van der Waals surface area contributed by atoms with E-state index in [0.717, 1.165) is 12.8 Å². The van der Waals surface area contributed by atoms with Crippen LogP contribution in [0.25, 0.3) is 0 Å². The number of amides is 1. The Morgan fingerprint density at radius 2 is 2.21 bits per heavy atom. The second-order valence-electron chi connectivity index (χ2n) is 6.17. The van der Waals surface area contributed by atoms with Gasteiger partial charge in [0.25, 0.3) is 0 Å². The van der Waals surface area contributed by atoms with Crippen molar-refractivity contribution < 1.29 is 14.6 Å². The molecule has 1 amide bonds. The van der Waals surface area contributed by atoms with Crippen molar-refractivity contribution in [2.45, 2.75) is 51.7 Å². The molecule has 2 aliphatic rings. The average Bonchev–Trinajstić information content (AvgIpc) is 2.95. The zero-order valence-electron chi connectivity index (χ0n) is 12.0. The summed E-state index contributed by atoms with van der Waals surface area (Å²) in [6.07, 6.45) is 7.26. The summed E-state index contributed by atoms with van der Waals surface area (Å²) in [5.74, 6) is 0. The van der Waals surface area contributed by atoms with E-state index in [9.17, 15) is 9.90 Å². The predicted molar refractivity (Wildman–Crippen MR) is 73.8 cm³/mol. The quantitative estimate of drug-likeness (QED) is 0.835. The molecule has 0 saturated heterocycles. The van der Waals surface area contributed by atoms with Crippen molar-refractivity contribution in [2.75, 3.05) is 13.2 Å². The van der Waals surface area contributed by atoms with Crippen LogP contribution in [0.4, 0.5) is 4.79 Å². The fourth-order valence-electron chi connectivity index (χ4n) is 2.52. The van der Waals surface area contributed by atoms with E-state index in [-0.39, 0.29) is 18.7 Å². The van der Waals surface area contributed by atoms with Gasteiger partial charge in [0.05, 0.1) is 12.6 Å². The molecule has 19 heavy (non-hydrogen) atoms. The second kappa shape index (κ2) is 5.37. The van der Waals surface area contributed by atoms with Gasteiger partial charge in [-0.25, -0.2) is 4.79 Å². The van der Waals surface area contributed by atoms with Gasteiger partial charge in [0, 0.05) is 6.54 Å². The Bertz CT molecular complexity index is 418. The number of allylic oxidation sites excluding steroid dienone is 1. The first kappa shape index (κ1) is 14.1. The summed E-state index contributed by atoms with van der Waals surface area (Å²) in [6.45, 7) is 6.04. The second-order valence-corrected chi connectivity index (χ2v) is 6.17. The van der Waals surface area contributed by atoms with Crippen LogP contribution in [0.15, 0.2) is 23.3 Å². The van der Waals surface area contributed by atoms with Crippen molar-refractivity contribution >= 4 is 6.09 Å². The molecule has 4 heteroatoms. The van der Waals surface area contributed by atoms with Crippen LogP contribution in [0, 0.1) is 0 Å². The standard InChI is InChI=1S/C15H23NO3/c1-15(2,3)19-14(18)16-9-12(8-13(16)10-17)11-6-4-5-7-11/h6,8,13,17H,4-5,7,9-10H2,1-3H3. The Balaban J connectivity index is 2.06. The van der Waals surface area contributed by atoms with Crippen LogP contribution in [-0.2, 0) is 4.74 Å². The smallest absolute Gasteiger partial charge is 0.411 e. The molecular formula is C15H23NO3. The Hall–Kier alpha value is -1.29. The van der Waals surface area contributed by atoms with E-state index in [4.69, 9.17) is 4.74 Å². The number of ether oxygens (including phenoxy) is 1. The molecule has 1 unspecified atom stereocenters. The lowest BCUT2D eigenvalue weighted by Crippen LogP contribution is -2.41. The molecular weight excluding hydrogens is 242 g/mol. The molecule has 1 aliphatic carbocycles. The highest BCUT2D eigenvalue weighted by Crippen LogP contribution is 2.30. The van der Waals surface area contributed by atoms with Gasteiger partial charge in [-0.2, -0.15) is 0 Å². The number of rotatable bonds is 2. The molecule has 0 bridgehead atoms. The van der Waals surface area contributed by atoms with Gasteiger partial charge in [0.15, 0.2) is 0 Å². The van der Waals surface area contributed by atoms with Gasteiger partial charge < -0.3 is 9.84 Å². The monoisotopic (exact) mass is 265 g/mol. The molecule has 0 saturated carbocycles. The number of hydrogen-bond donors (Lipinski definition) is 1. The van der Waals surface area contributed by atoms with Gasteiger partial charge in [-0.15, -0.1) is 0 Å². The fourth-order valence-corrected chi connectivity index (χ4v) is 2.52. The molecule has 0 fully saturated rings. The molecule has 4 nitrogen and oxygen atoms in total. The third-order valence-electron chi connectivity index (χ3n) is 3.40. The van der Waals surface area contributed by atoms with Crippen LogP contribution >= 0.6 is 0 Å². The van der Waals surface area contributed by atoms with E-state index in [1.807, 2.05) is 26.8 Å². The summed E-state index contributed by atoms with van der Waals surface area (Å²) >= 11 is 0. The molecule has 1 heterocycles. The van der Waals surface area contributed by atoms with Crippen LogP contribution in [0.1, 0.15) is 40.0 Å². The summed E-state index contributed by atoms with van der Waals surface area (Å²) < 4.78 is 5.39. The summed E-state index contributed by atoms with van der Waals surface area (Å²) in [5, 5.41) is 9.43. The molecule has 0 spiro atoms. The Morgan fingerprint density at radius 1 is 1.47 bits per heavy atom. The van der Waals surface area contributed by atoms with Crippen LogP contribution in [0.2, 0.25) is 0 Å². The number of nitrogens with zero attached hydrogens (tertiary/aromatic N) is 1. The van der Waals surface area contributed by atoms with Gasteiger partial charge in [-0.3, -0.25) is 4.90 Å². The molecule has 2 rings (SSSR count). The maximum Gasteiger partial charge on any atom is 0.411 e. The third-order valence-corrected chi connectivity index (χ3v) is 3.40. The normalized spacial score (nSPS) is 23.4. The zero-order valence-corrected chi connectivity index (χ0v) is 12.0. The Kier molecular flexibility index (Phi) is 3.99. The maximum absolute atomic E-state index is 12.1. The van der Waals surface area contributed by atoms with E-state index in [1.54, 1.807) is 4.90 Å². The first-order chi connectivity index (χ1) is 8.90. The van der Waals surface area contributed by atoms with Crippen LogP contribution < -0.4 is 0 Å². The van der Waals surface area contributed by atoms with Gasteiger partial charge in [-0.05, 0) is 51.2 Å². The van der Waals surface area contributed by atoms with Crippen molar-refractivity contribution in [3.63, 3.8) is 0 Å². The van der Waals surface area contributed by atoms with Crippen LogP contribution in [-0.4, -0.2) is 40.9 Å². The van der Waals surface area contributed by atoms with Crippen molar-refractivity contribution in [1.82, 2.24) is 4.90 Å². The average molecular weight is 265 g/mol. The van der Waals surface area contributed by atoms with Crippen molar-refractivity contribution in [3.8, 4) is 0 Å². The van der Waals surface area contributed by atoms with Crippen LogP contribution in [0.3, 0.4) is 0 Å². The van der Waals surface area contributed by atoms with Gasteiger partial charge in [0.1, 0.15) is 5.60 Å². The molecule has 0 radical (unpaired) electrons. The summed E-state index contributed by atoms with van der Waals surface area (Å²) in [7, 11) is 0. The number of carbonyl (C=O) groups is 1. The molecule has 1 aliphatic heterocycles. The fraction of sp³-hybridized carbons (Fsp3) is 0.667.